The molecule has 2 aromatic heterocycles. The summed E-state index contributed by atoms with van der Waals surface area (Å²) < 4.78 is 8.03. The summed E-state index contributed by atoms with van der Waals surface area (Å²) in [5.41, 5.74) is 5.23. The SMILES string of the molecule is Cc1ccc(C)n1-c1ccc(OC[C@H]2C[C@@H](c3ccc(CN4CCCC4)cc3)C2)nn1. The minimum Gasteiger partial charge on any atom is -0.476 e. The van der Waals surface area contributed by atoms with Gasteiger partial charge in [0.2, 0.25) is 5.88 Å². The van der Waals surface area contributed by atoms with Crippen molar-refractivity contribution in [2.45, 2.75) is 52.0 Å². The van der Waals surface area contributed by atoms with Crippen LogP contribution in [0, 0.1) is 19.8 Å². The molecule has 1 aliphatic heterocycles. The van der Waals surface area contributed by atoms with Crippen LogP contribution in [0.25, 0.3) is 5.82 Å². The fraction of sp³-hybridized carbons (Fsp3) is 0.462. The molecule has 5 nitrogen and oxygen atoms in total. The van der Waals surface area contributed by atoms with E-state index in [9.17, 15) is 0 Å². The highest BCUT2D eigenvalue weighted by Crippen LogP contribution is 2.41. The number of likely N-dealkylation sites (tertiary alicyclic amines) is 1. The van der Waals surface area contributed by atoms with Gasteiger partial charge in [-0.2, -0.15) is 0 Å². The molecule has 0 N–H and O–H groups in total. The molecule has 0 atom stereocenters. The summed E-state index contributed by atoms with van der Waals surface area (Å²) >= 11 is 0. The third-order valence-electron chi connectivity index (χ3n) is 6.88. The Hall–Kier alpha value is -2.66. The average Bonchev–Trinajstić information content (AvgIpc) is 3.38. The van der Waals surface area contributed by atoms with E-state index in [1.807, 2.05) is 12.1 Å². The number of rotatable bonds is 7. The lowest BCUT2D eigenvalue weighted by Crippen LogP contribution is -2.27. The fourth-order valence-corrected chi connectivity index (χ4v) is 4.98. The molecule has 31 heavy (non-hydrogen) atoms. The van der Waals surface area contributed by atoms with E-state index in [0.717, 1.165) is 30.4 Å². The van der Waals surface area contributed by atoms with Gasteiger partial charge in [-0.3, -0.25) is 4.90 Å². The van der Waals surface area contributed by atoms with E-state index < -0.39 is 0 Å². The number of nitrogens with zero attached hydrogens (tertiary/aromatic N) is 4. The Morgan fingerprint density at radius 3 is 2.23 bits per heavy atom. The Kier molecular flexibility index (Phi) is 5.77. The lowest BCUT2D eigenvalue weighted by molar-refractivity contribution is 0.153. The van der Waals surface area contributed by atoms with Crippen LogP contribution in [0.4, 0.5) is 0 Å². The zero-order valence-electron chi connectivity index (χ0n) is 18.6. The Morgan fingerprint density at radius 1 is 0.871 bits per heavy atom. The number of aromatic nitrogens is 3. The topological polar surface area (TPSA) is 43.2 Å². The quantitative estimate of drug-likeness (QED) is 0.540. The molecule has 162 valence electrons. The molecular weight excluding hydrogens is 384 g/mol. The van der Waals surface area contributed by atoms with Crippen LogP contribution < -0.4 is 4.74 Å². The Balaban J connectivity index is 1.09. The second-order valence-electron chi connectivity index (χ2n) is 9.25. The van der Waals surface area contributed by atoms with Crippen molar-refractivity contribution in [2.24, 2.45) is 5.92 Å². The molecule has 1 saturated heterocycles. The van der Waals surface area contributed by atoms with Crippen molar-refractivity contribution < 1.29 is 4.74 Å². The van der Waals surface area contributed by atoms with Gasteiger partial charge < -0.3 is 9.30 Å². The summed E-state index contributed by atoms with van der Waals surface area (Å²) in [5, 5.41) is 8.64. The predicted molar refractivity (Wildman–Crippen MR) is 123 cm³/mol. The van der Waals surface area contributed by atoms with Crippen molar-refractivity contribution >= 4 is 0 Å². The van der Waals surface area contributed by atoms with Crippen molar-refractivity contribution in [3.8, 4) is 11.7 Å². The zero-order chi connectivity index (χ0) is 21.2. The fourth-order valence-electron chi connectivity index (χ4n) is 4.98. The molecule has 0 unspecified atom stereocenters. The monoisotopic (exact) mass is 416 g/mol. The number of ether oxygens (including phenoxy) is 1. The smallest absolute Gasteiger partial charge is 0.233 e. The molecule has 3 heterocycles. The van der Waals surface area contributed by atoms with Gasteiger partial charge >= 0.3 is 0 Å². The third kappa shape index (κ3) is 4.52. The van der Waals surface area contributed by atoms with E-state index in [4.69, 9.17) is 4.74 Å². The molecule has 2 fully saturated rings. The second kappa shape index (κ2) is 8.83. The van der Waals surface area contributed by atoms with E-state index in [2.05, 4.69) is 69.9 Å². The first-order valence-electron chi connectivity index (χ1n) is 11.6. The summed E-state index contributed by atoms with van der Waals surface area (Å²) in [6.07, 6.45) is 5.09. The van der Waals surface area contributed by atoms with Crippen LogP contribution in [0.3, 0.4) is 0 Å². The summed E-state index contributed by atoms with van der Waals surface area (Å²) in [6.45, 7) is 8.49. The first-order chi connectivity index (χ1) is 15.2. The molecule has 1 saturated carbocycles. The Labute approximate surface area is 185 Å². The molecule has 1 aliphatic carbocycles. The molecule has 1 aromatic carbocycles. The molecule has 3 aromatic rings. The maximum atomic E-state index is 5.93. The normalized spacial score (nSPS) is 21.2. The molecular formula is C26H32N4O. The van der Waals surface area contributed by atoms with E-state index >= 15 is 0 Å². The van der Waals surface area contributed by atoms with Gasteiger partial charge in [-0.05, 0) is 93.8 Å². The second-order valence-corrected chi connectivity index (χ2v) is 9.25. The van der Waals surface area contributed by atoms with E-state index in [-0.39, 0.29) is 0 Å². The van der Waals surface area contributed by atoms with Crippen LogP contribution in [-0.4, -0.2) is 39.4 Å². The average molecular weight is 417 g/mol. The molecule has 0 radical (unpaired) electrons. The first kappa shape index (κ1) is 20.3. The van der Waals surface area contributed by atoms with Gasteiger partial charge in [0.1, 0.15) is 0 Å². The number of hydrogen-bond acceptors (Lipinski definition) is 4. The summed E-state index contributed by atoms with van der Waals surface area (Å²) in [6, 6.07) is 17.4. The van der Waals surface area contributed by atoms with Crippen LogP contribution in [0.15, 0.2) is 48.5 Å². The first-order valence-corrected chi connectivity index (χ1v) is 11.6. The molecule has 5 rings (SSSR count). The largest absolute Gasteiger partial charge is 0.476 e. The van der Waals surface area contributed by atoms with Crippen molar-refractivity contribution in [2.75, 3.05) is 19.7 Å². The Morgan fingerprint density at radius 2 is 1.58 bits per heavy atom. The molecule has 5 heteroatoms. The molecule has 0 amide bonds. The summed E-state index contributed by atoms with van der Waals surface area (Å²) in [5.74, 6) is 2.72. The van der Waals surface area contributed by atoms with E-state index in [1.54, 1.807) is 0 Å². The van der Waals surface area contributed by atoms with Crippen molar-refractivity contribution in [3.63, 3.8) is 0 Å². The zero-order valence-corrected chi connectivity index (χ0v) is 18.6. The number of benzene rings is 1. The van der Waals surface area contributed by atoms with Crippen LogP contribution in [0.2, 0.25) is 0 Å². The van der Waals surface area contributed by atoms with Gasteiger partial charge in [0.15, 0.2) is 5.82 Å². The lowest BCUT2D eigenvalue weighted by atomic mass is 9.72. The lowest BCUT2D eigenvalue weighted by Gasteiger charge is -2.35. The highest BCUT2D eigenvalue weighted by atomic mass is 16.5. The van der Waals surface area contributed by atoms with Crippen LogP contribution in [0.1, 0.15) is 54.1 Å². The van der Waals surface area contributed by atoms with Crippen molar-refractivity contribution in [1.82, 2.24) is 19.7 Å². The van der Waals surface area contributed by atoms with Crippen molar-refractivity contribution in [3.05, 3.63) is 71.0 Å². The third-order valence-corrected chi connectivity index (χ3v) is 6.88. The van der Waals surface area contributed by atoms with Gasteiger partial charge in [-0.1, -0.05) is 24.3 Å². The van der Waals surface area contributed by atoms with E-state index in [0.29, 0.717) is 17.7 Å². The van der Waals surface area contributed by atoms with Crippen LogP contribution >= 0.6 is 0 Å². The highest BCUT2D eigenvalue weighted by molar-refractivity contribution is 5.32. The maximum absolute atomic E-state index is 5.93. The maximum Gasteiger partial charge on any atom is 0.233 e. The standard InChI is InChI=1S/C26H32N4O/c1-19-5-6-20(2)30(19)25-11-12-26(28-27-25)31-18-22-15-24(16-22)23-9-7-21(8-10-23)17-29-13-3-4-14-29/h5-12,22,24H,3-4,13-18H2,1-2H3/t22-,24+. The predicted octanol–water partition coefficient (Wildman–Crippen LogP) is 5.05. The minimum atomic E-state index is 0.602. The van der Waals surface area contributed by atoms with Gasteiger partial charge in [0.05, 0.1) is 6.61 Å². The highest BCUT2D eigenvalue weighted by Gasteiger charge is 2.30. The molecule has 0 bridgehead atoms. The minimum absolute atomic E-state index is 0.602. The molecule has 0 spiro atoms. The number of aryl methyl sites for hydroxylation is 2. The summed E-state index contributed by atoms with van der Waals surface area (Å²) in [4.78, 5) is 2.56. The van der Waals surface area contributed by atoms with Gasteiger partial charge in [0.25, 0.3) is 0 Å². The van der Waals surface area contributed by atoms with Gasteiger partial charge in [-0.25, -0.2) is 0 Å². The Bertz CT molecular complexity index is 977. The van der Waals surface area contributed by atoms with Crippen LogP contribution in [0.5, 0.6) is 5.88 Å². The van der Waals surface area contributed by atoms with Crippen LogP contribution in [-0.2, 0) is 6.54 Å². The van der Waals surface area contributed by atoms with Gasteiger partial charge in [0, 0.05) is 24.0 Å². The molecule has 2 aliphatic rings. The van der Waals surface area contributed by atoms with Gasteiger partial charge in [-0.15, -0.1) is 10.2 Å². The summed E-state index contributed by atoms with van der Waals surface area (Å²) in [7, 11) is 0. The van der Waals surface area contributed by atoms with E-state index in [1.165, 1.54) is 49.9 Å². The van der Waals surface area contributed by atoms with Crippen molar-refractivity contribution in [1.29, 1.82) is 0 Å². The number of hydrogen-bond donors (Lipinski definition) is 0.